The molecular weight excluding hydrogens is 416 g/mol. The minimum absolute atomic E-state index is 0.0709. The molecule has 3 aliphatic rings. The normalized spacial score (nSPS) is 25.4. The number of ether oxygens (including phenoxy) is 1. The van der Waals surface area contributed by atoms with E-state index >= 15 is 0 Å². The SMILES string of the molecule is O=C1COC2(CCN(S(=O)(=O)c3ccc(Br)s3)CC2)CN1C1CC1. The minimum Gasteiger partial charge on any atom is -0.363 e. The minimum atomic E-state index is -3.44. The zero-order chi connectivity index (χ0) is 16.9. The molecule has 6 nitrogen and oxygen atoms in total. The maximum atomic E-state index is 12.7. The van der Waals surface area contributed by atoms with Gasteiger partial charge in [-0.25, -0.2) is 8.42 Å². The average Bonchev–Trinajstić information content (AvgIpc) is 3.31. The molecule has 1 aliphatic carbocycles. The number of nitrogens with zero attached hydrogens (tertiary/aromatic N) is 2. The van der Waals surface area contributed by atoms with Crippen molar-refractivity contribution in [2.45, 2.75) is 41.5 Å². The number of morpholine rings is 1. The molecule has 1 aromatic rings. The quantitative estimate of drug-likeness (QED) is 0.729. The van der Waals surface area contributed by atoms with Crippen LogP contribution in [0, 0.1) is 0 Å². The maximum Gasteiger partial charge on any atom is 0.252 e. The van der Waals surface area contributed by atoms with Gasteiger partial charge in [0.1, 0.15) is 10.8 Å². The van der Waals surface area contributed by atoms with E-state index in [9.17, 15) is 13.2 Å². The van der Waals surface area contributed by atoms with Crippen LogP contribution in [0.3, 0.4) is 0 Å². The van der Waals surface area contributed by atoms with Gasteiger partial charge in [0.15, 0.2) is 0 Å². The summed E-state index contributed by atoms with van der Waals surface area (Å²) < 4.78 is 34.0. The molecule has 0 unspecified atom stereocenters. The highest BCUT2D eigenvalue weighted by Gasteiger charge is 2.47. The number of carbonyl (C=O) groups excluding carboxylic acids is 1. The highest BCUT2D eigenvalue weighted by molar-refractivity contribution is 9.11. The fourth-order valence-corrected chi connectivity index (χ4v) is 7.07. The Morgan fingerprint density at radius 1 is 1.25 bits per heavy atom. The van der Waals surface area contributed by atoms with E-state index in [4.69, 9.17) is 4.74 Å². The lowest BCUT2D eigenvalue weighted by atomic mass is 9.90. The Labute approximate surface area is 153 Å². The lowest BCUT2D eigenvalue weighted by Gasteiger charge is -2.46. The summed E-state index contributed by atoms with van der Waals surface area (Å²) in [6, 6.07) is 3.77. The topological polar surface area (TPSA) is 66.9 Å². The number of amides is 1. The number of carbonyl (C=O) groups is 1. The number of halogens is 1. The summed E-state index contributed by atoms with van der Waals surface area (Å²) in [5, 5.41) is 0. The molecule has 1 aromatic heterocycles. The van der Waals surface area contributed by atoms with Crippen LogP contribution in [0.1, 0.15) is 25.7 Å². The van der Waals surface area contributed by atoms with Gasteiger partial charge in [0.25, 0.3) is 10.0 Å². The van der Waals surface area contributed by atoms with Crippen molar-refractivity contribution in [3.05, 3.63) is 15.9 Å². The van der Waals surface area contributed by atoms with Crippen LogP contribution in [0.4, 0.5) is 0 Å². The van der Waals surface area contributed by atoms with E-state index in [-0.39, 0.29) is 18.1 Å². The lowest BCUT2D eigenvalue weighted by molar-refractivity contribution is -0.170. The van der Waals surface area contributed by atoms with E-state index < -0.39 is 10.0 Å². The van der Waals surface area contributed by atoms with E-state index in [0.29, 0.717) is 42.7 Å². The zero-order valence-corrected chi connectivity index (χ0v) is 16.3. The van der Waals surface area contributed by atoms with Gasteiger partial charge in [-0.3, -0.25) is 4.79 Å². The van der Waals surface area contributed by atoms with Crippen molar-refractivity contribution in [3.63, 3.8) is 0 Å². The summed E-state index contributed by atoms with van der Waals surface area (Å²) in [5.41, 5.74) is -0.376. The van der Waals surface area contributed by atoms with Crippen molar-refractivity contribution in [2.24, 2.45) is 0 Å². The first-order valence-corrected chi connectivity index (χ1v) is 11.1. The Kier molecular flexibility index (Phi) is 4.28. The number of hydrogen-bond donors (Lipinski definition) is 0. The molecule has 2 saturated heterocycles. The van der Waals surface area contributed by atoms with E-state index in [2.05, 4.69) is 15.9 Å². The molecule has 0 radical (unpaired) electrons. The molecule has 1 spiro atoms. The van der Waals surface area contributed by atoms with Gasteiger partial charge < -0.3 is 9.64 Å². The first kappa shape index (κ1) is 17.0. The fraction of sp³-hybridized carbons (Fsp3) is 0.667. The summed E-state index contributed by atoms with van der Waals surface area (Å²) in [6.45, 7) is 1.60. The molecule has 1 amide bonds. The second-order valence-electron chi connectivity index (χ2n) is 6.69. The van der Waals surface area contributed by atoms with Crippen molar-refractivity contribution in [2.75, 3.05) is 26.2 Å². The van der Waals surface area contributed by atoms with Crippen molar-refractivity contribution >= 4 is 43.2 Å². The summed E-state index contributed by atoms with van der Waals surface area (Å²) in [4.78, 5) is 14.0. The Morgan fingerprint density at radius 2 is 1.96 bits per heavy atom. The highest BCUT2D eigenvalue weighted by Crippen LogP contribution is 2.38. The maximum absolute atomic E-state index is 12.7. The largest absolute Gasteiger partial charge is 0.363 e. The fourth-order valence-electron chi connectivity index (χ4n) is 3.46. The molecule has 24 heavy (non-hydrogen) atoms. The van der Waals surface area contributed by atoms with Gasteiger partial charge in [-0.2, -0.15) is 4.31 Å². The Balaban J connectivity index is 1.45. The molecule has 0 N–H and O–H groups in total. The van der Waals surface area contributed by atoms with Gasteiger partial charge in [0.05, 0.1) is 15.9 Å². The smallest absolute Gasteiger partial charge is 0.252 e. The first-order valence-electron chi connectivity index (χ1n) is 8.09. The van der Waals surface area contributed by atoms with Crippen molar-refractivity contribution in [1.82, 2.24) is 9.21 Å². The molecular formula is C15H19BrN2O4S2. The van der Waals surface area contributed by atoms with Crippen molar-refractivity contribution < 1.29 is 17.9 Å². The lowest BCUT2D eigenvalue weighted by Crippen LogP contribution is -2.59. The number of thiophene rings is 1. The molecule has 3 fully saturated rings. The predicted octanol–water partition coefficient (Wildman–Crippen LogP) is 2.06. The van der Waals surface area contributed by atoms with E-state index in [1.54, 1.807) is 12.1 Å². The van der Waals surface area contributed by atoms with Crippen molar-refractivity contribution in [3.8, 4) is 0 Å². The Morgan fingerprint density at radius 3 is 2.54 bits per heavy atom. The molecule has 132 valence electrons. The van der Waals surface area contributed by atoms with Gasteiger partial charge in [-0.15, -0.1) is 11.3 Å². The number of sulfonamides is 1. The molecule has 3 heterocycles. The van der Waals surface area contributed by atoms with Gasteiger partial charge in [-0.1, -0.05) is 0 Å². The van der Waals surface area contributed by atoms with Crippen LogP contribution in [0.25, 0.3) is 0 Å². The molecule has 0 aromatic carbocycles. The monoisotopic (exact) mass is 434 g/mol. The Hall–Kier alpha value is -0.480. The molecule has 0 bridgehead atoms. The third-order valence-electron chi connectivity index (χ3n) is 5.04. The molecule has 9 heteroatoms. The highest BCUT2D eigenvalue weighted by atomic mass is 79.9. The van der Waals surface area contributed by atoms with Gasteiger partial charge in [0, 0.05) is 19.1 Å². The van der Waals surface area contributed by atoms with Crippen LogP contribution >= 0.6 is 27.3 Å². The second-order valence-corrected chi connectivity index (χ2v) is 11.3. The van der Waals surface area contributed by atoms with Crippen molar-refractivity contribution in [1.29, 1.82) is 0 Å². The number of piperidine rings is 1. The van der Waals surface area contributed by atoms with E-state index in [0.717, 1.165) is 16.6 Å². The summed E-state index contributed by atoms with van der Waals surface area (Å²) in [5.74, 6) is 0.0709. The molecule has 2 aliphatic heterocycles. The molecule has 0 atom stereocenters. The van der Waals surface area contributed by atoms with Gasteiger partial charge in [-0.05, 0) is 53.7 Å². The summed E-state index contributed by atoms with van der Waals surface area (Å²) in [7, 11) is -3.44. The van der Waals surface area contributed by atoms with Crippen LogP contribution in [-0.4, -0.2) is 61.4 Å². The van der Waals surface area contributed by atoms with Gasteiger partial charge in [0.2, 0.25) is 5.91 Å². The summed E-state index contributed by atoms with van der Waals surface area (Å²) in [6.07, 6.45) is 3.43. The zero-order valence-electron chi connectivity index (χ0n) is 13.1. The standard InChI is InChI=1S/C15H19BrN2O4S2/c16-12-3-4-14(23-12)24(20,21)17-7-5-15(6-8-17)10-18(11-1-2-11)13(19)9-22-15/h3-4,11H,1-2,5-10H2. The van der Waals surface area contributed by atoms with Gasteiger partial charge >= 0.3 is 0 Å². The van der Waals surface area contributed by atoms with Crippen LogP contribution < -0.4 is 0 Å². The third-order valence-corrected chi connectivity index (χ3v) is 9.03. The first-order chi connectivity index (χ1) is 11.4. The third kappa shape index (κ3) is 3.05. The van der Waals surface area contributed by atoms with Crippen LogP contribution in [0.2, 0.25) is 0 Å². The number of rotatable bonds is 3. The predicted molar refractivity (Wildman–Crippen MR) is 93.4 cm³/mol. The van der Waals surface area contributed by atoms with E-state index in [1.807, 2.05) is 4.90 Å². The van der Waals surface area contributed by atoms with Crippen LogP contribution in [0.5, 0.6) is 0 Å². The Bertz CT molecular complexity index is 751. The molecule has 1 saturated carbocycles. The van der Waals surface area contributed by atoms with Crippen LogP contribution in [-0.2, 0) is 19.6 Å². The van der Waals surface area contributed by atoms with E-state index in [1.165, 1.54) is 15.6 Å². The average molecular weight is 435 g/mol. The summed E-state index contributed by atoms with van der Waals surface area (Å²) >= 11 is 4.55. The second kappa shape index (κ2) is 6.05. The molecule has 4 rings (SSSR count). The number of hydrogen-bond acceptors (Lipinski definition) is 5. The van der Waals surface area contributed by atoms with Crippen LogP contribution in [0.15, 0.2) is 20.1 Å².